The number of anilines is 1. The maximum atomic E-state index is 13.0. The molecule has 1 fully saturated rings. The van der Waals surface area contributed by atoms with Crippen molar-refractivity contribution < 1.29 is 9.90 Å². The number of carbonyl (C=O) groups is 1. The average molecular weight is 387 g/mol. The van der Waals surface area contributed by atoms with Gasteiger partial charge in [0.1, 0.15) is 0 Å². The third-order valence-electron chi connectivity index (χ3n) is 4.50. The van der Waals surface area contributed by atoms with E-state index in [-0.39, 0.29) is 34.6 Å². The maximum absolute atomic E-state index is 13.0. The van der Waals surface area contributed by atoms with Crippen LogP contribution in [0.5, 0.6) is 5.88 Å². The smallest absolute Gasteiger partial charge is 0.291 e. The standard InChI is InChI=1S/C20H29N5O3/c1-11(2)10-24-17-13(8-9-20(3,4)5)15(21)23-25(17)19(28)14(18(24)27)16(26)22-12-6-7-12/h8-9,11-12,27H,6-7,10H2,1-5H3,(H2,21,23)(H,22,26). The van der Waals surface area contributed by atoms with E-state index < -0.39 is 11.5 Å². The molecule has 1 aliphatic carbocycles. The van der Waals surface area contributed by atoms with E-state index in [0.717, 1.165) is 17.4 Å². The summed E-state index contributed by atoms with van der Waals surface area (Å²) in [5, 5.41) is 17.8. The summed E-state index contributed by atoms with van der Waals surface area (Å²) >= 11 is 0. The van der Waals surface area contributed by atoms with E-state index in [4.69, 9.17) is 5.73 Å². The Balaban J connectivity index is 2.28. The number of aromatic hydroxyl groups is 1. The number of nitrogens with zero attached hydrogens (tertiary/aromatic N) is 3. The number of aromatic nitrogens is 3. The van der Waals surface area contributed by atoms with Gasteiger partial charge in [-0.05, 0) is 24.2 Å². The van der Waals surface area contributed by atoms with Crippen molar-refractivity contribution >= 4 is 23.4 Å². The van der Waals surface area contributed by atoms with Crippen LogP contribution in [0.2, 0.25) is 0 Å². The third-order valence-corrected chi connectivity index (χ3v) is 4.50. The average Bonchev–Trinajstić information content (AvgIpc) is 3.30. The first-order chi connectivity index (χ1) is 13.0. The molecule has 2 heterocycles. The van der Waals surface area contributed by atoms with Crippen LogP contribution in [0, 0.1) is 11.3 Å². The molecule has 4 N–H and O–H groups in total. The molecule has 1 amide bonds. The Morgan fingerprint density at radius 3 is 2.57 bits per heavy atom. The van der Waals surface area contributed by atoms with E-state index in [1.165, 1.54) is 0 Å². The molecule has 0 unspecified atom stereocenters. The van der Waals surface area contributed by atoms with E-state index in [1.807, 2.05) is 46.8 Å². The predicted octanol–water partition coefficient (Wildman–Crippen LogP) is 2.39. The summed E-state index contributed by atoms with van der Waals surface area (Å²) in [4.78, 5) is 25.6. The SMILES string of the molecule is CC(C)Cn1c(O)c(C(=O)NC2CC2)c(=O)n2nc(N)c(C=CC(C)(C)C)c12. The number of fused-ring (bicyclic) bond motifs is 1. The number of nitrogens with two attached hydrogens (primary N) is 1. The fourth-order valence-electron chi connectivity index (χ4n) is 2.99. The van der Waals surface area contributed by atoms with Crippen molar-refractivity contribution in [1.82, 2.24) is 19.5 Å². The van der Waals surface area contributed by atoms with Crippen molar-refractivity contribution in [1.29, 1.82) is 0 Å². The highest BCUT2D eigenvalue weighted by atomic mass is 16.3. The van der Waals surface area contributed by atoms with Gasteiger partial charge < -0.3 is 16.2 Å². The van der Waals surface area contributed by atoms with Gasteiger partial charge in [-0.15, -0.1) is 5.10 Å². The second-order valence-electron chi connectivity index (χ2n) is 8.99. The Morgan fingerprint density at radius 2 is 2.04 bits per heavy atom. The van der Waals surface area contributed by atoms with Crippen LogP contribution in [0.3, 0.4) is 0 Å². The molecule has 2 aromatic heterocycles. The maximum Gasteiger partial charge on any atom is 0.291 e. The number of hydrogen-bond acceptors (Lipinski definition) is 5. The van der Waals surface area contributed by atoms with Crippen LogP contribution in [0.1, 0.15) is 63.4 Å². The van der Waals surface area contributed by atoms with Crippen LogP contribution in [0.25, 0.3) is 11.7 Å². The van der Waals surface area contributed by atoms with E-state index in [0.29, 0.717) is 17.8 Å². The van der Waals surface area contributed by atoms with E-state index >= 15 is 0 Å². The molecule has 28 heavy (non-hydrogen) atoms. The molecule has 0 radical (unpaired) electrons. The normalized spacial score (nSPS) is 15.1. The van der Waals surface area contributed by atoms with Gasteiger partial charge in [-0.3, -0.25) is 14.2 Å². The van der Waals surface area contributed by atoms with E-state index in [9.17, 15) is 14.7 Å². The van der Waals surface area contributed by atoms with Gasteiger partial charge in [0.25, 0.3) is 11.5 Å². The Labute approximate surface area is 164 Å². The molecule has 0 bridgehead atoms. The molecule has 0 aromatic carbocycles. The van der Waals surface area contributed by atoms with Crippen LogP contribution >= 0.6 is 0 Å². The van der Waals surface area contributed by atoms with Crippen LogP contribution < -0.4 is 16.6 Å². The highest BCUT2D eigenvalue weighted by Crippen LogP contribution is 2.28. The van der Waals surface area contributed by atoms with Crippen molar-refractivity contribution in [2.45, 2.75) is 60.0 Å². The van der Waals surface area contributed by atoms with Crippen LogP contribution in [-0.4, -0.2) is 31.2 Å². The highest BCUT2D eigenvalue weighted by molar-refractivity contribution is 5.97. The number of carbonyl (C=O) groups excluding carboxylic acids is 1. The Kier molecular flexibility index (Phi) is 4.99. The number of amides is 1. The molecule has 8 nitrogen and oxygen atoms in total. The molecule has 1 aliphatic rings. The van der Waals surface area contributed by atoms with Gasteiger partial charge >= 0.3 is 0 Å². The molecular formula is C20H29N5O3. The summed E-state index contributed by atoms with van der Waals surface area (Å²) in [7, 11) is 0. The van der Waals surface area contributed by atoms with Crippen molar-refractivity contribution in [2.24, 2.45) is 11.3 Å². The Morgan fingerprint density at radius 1 is 1.39 bits per heavy atom. The lowest BCUT2D eigenvalue weighted by Crippen LogP contribution is -2.34. The van der Waals surface area contributed by atoms with Crippen LogP contribution in [0.15, 0.2) is 10.9 Å². The Hall–Kier alpha value is -2.77. The molecule has 2 aromatic rings. The molecule has 0 spiro atoms. The topological polar surface area (TPSA) is 115 Å². The molecular weight excluding hydrogens is 358 g/mol. The number of hydrogen-bond donors (Lipinski definition) is 3. The van der Waals surface area contributed by atoms with Gasteiger partial charge in [-0.25, -0.2) is 0 Å². The fourth-order valence-corrected chi connectivity index (χ4v) is 2.99. The fraction of sp³-hybridized carbons (Fsp3) is 0.550. The first-order valence-electron chi connectivity index (χ1n) is 9.63. The number of nitrogens with one attached hydrogen (secondary N) is 1. The van der Waals surface area contributed by atoms with Crippen molar-refractivity contribution in [3.8, 4) is 5.88 Å². The van der Waals surface area contributed by atoms with Gasteiger partial charge in [-0.2, -0.15) is 4.52 Å². The number of rotatable bonds is 5. The minimum absolute atomic E-state index is 0.0634. The Bertz CT molecular complexity index is 1000. The zero-order valence-corrected chi connectivity index (χ0v) is 17.1. The van der Waals surface area contributed by atoms with Crippen LogP contribution in [0.4, 0.5) is 5.82 Å². The summed E-state index contributed by atoms with van der Waals surface area (Å²) in [6.45, 7) is 10.5. The van der Waals surface area contributed by atoms with Gasteiger partial charge in [0.05, 0.1) is 5.56 Å². The van der Waals surface area contributed by atoms with Gasteiger partial charge in [0.15, 0.2) is 17.0 Å². The summed E-state index contributed by atoms with van der Waals surface area (Å²) in [6, 6.07) is 0.0634. The van der Waals surface area contributed by atoms with Crippen molar-refractivity contribution in [3.05, 3.63) is 27.6 Å². The van der Waals surface area contributed by atoms with Gasteiger partial charge in [-0.1, -0.05) is 46.8 Å². The molecule has 3 rings (SSSR count). The molecule has 0 atom stereocenters. The summed E-state index contributed by atoms with van der Waals surface area (Å²) < 4.78 is 2.68. The lowest BCUT2D eigenvalue weighted by atomic mass is 9.95. The monoisotopic (exact) mass is 387 g/mol. The first kappa shape index (κ1) is 20.0. The highest BCUT2D eigenvalue weighted by Gasteiger charge is 2.30. The molecule has 8 heteroatoms. The zero-order valence-electron chi connectivity index (χ0n) is 17.1. The van der Waals surface area contributed by atoms with Crippen molar-refractivity contribution in [3.63, 3.8) is 0 Å². The second kappa shape index (κ2) is 7.00. The van der Waals surface area contributed by atoms with Gasteiger partial charge in [0, 0.05) is 12.6 Å². The zero-order chi connectivity index (χ0) is 20.8. The van der Waals surface area contributed by atoms with Gasteiger partial charge in [0.2, 0.25) is 5.88 Å². The summed E-state index contributed by atoms with van der Waals surface area (Å²) in [6.07, 6.45) is 5.55. The molecule has 0 aliphatic heterocycles. The summed E-state index contributed by atoms with van der Waals surface area (Å²) in [5.74, 6) is -0.596. The van der Waals surface area contributed by atoms with E-state index in [1.54, 1.807) is 4.57 Å². The second-order valence-corrected chi connectivity index (χ2v) is 8.99. The van der Waals surface area contributed by atoms with Crippen molar-refractivity contribution in [2.75, 3.05) is 5.73 Å². The minimum atomic E-state index is -0.673. The number of nitrogen functional groups attached to an aromatic ring is 1. The lowest BCUT2D eigenvalue weighted by Gasteiger charge is -2.17. The molecule has 152 valence electrons. The third kappa shape index (κ3) is 3.90. The number of allylic oxidation sites excluding steroid dienone is 1. The molecule has 0 saturated heterocycles. The minimum Gasteiger partial charge on any atom is -0.494 e. The quantitative estimate of drug-likeness (QED) is 0.729. The van der Waals surface area contributed by atoms with E-state index in [2.05, 4.69) is 10.4 Å². The first-order valence-corrected chi connectivity index (χ1v) is 9.63. The summed E-state index contributed by atoms with van der Waals surface area (Å²) in [5.41, 5.74) is 5.97. The predicted molar refractivity (Wildman–Crippen MR) is 109 cm³/mol. The largest absolute Gasteiger partial charge is 0.494 e. The molecule has 1 saturated carbocycles. The lowest BCUT2D eigenvalue weighted by molar-refractivity contribution is 0.0944. The van der Waals surface area contributed by atoms with Crippen LogP contribution in [-0.2, 0) is 6.54 Å².